The van der Waals surface area contributed by atoms with Crippen LogP contribution in [0.1, 0.15) is 55.8 Å². The summed E-state index contributed by atoms with van der Waals surface area (Å²) in [4.78, 5) is 13.4. The Morgan fingerprint density at radius 2 is 1.83 bits per heavy atom. The first-order valence-corrected chi connectivity index (χ1v) is 8.68. The molecule has 0 amide bonds. The molecule has 3 aromatic rings. The lowest BCUT2D eigenvalue weighted by Gasteiger charge is -2.14. The summed E-state index contributed by atoms with van der Waals surface area (Å²) in [5, 5.41) is 0. The number of hydrogen-bond acceptors (Lipinski definition) is 3. The van der Waals surface area contributed by atoms with Gasteiger partial charge in [0.2, 0.25) is 0 Å². The van der Waals surface area contributed by atoms with Crippen molar-refractivity contribution < 1.29 is 4.39 Å². The van der Waals surface area contributed by atoms with Crippen LogP contribution in [-0.4, -0.2) is 19.4 Å². The number of hydrogen-bond donors (Lipinski definition) is 0. The van der Waals surface area contributed by atoms with Gasteiger partial charge in [-0.15, -0.1) is 0 Å². The molecule has 4 nitrogen and oxygen atoms in total. The van der Waals surface area contributed by atoms with Crippen LogP contribution in [0.25, 0.3) is 17.0 Å². The Morgan fingerprint density at radius 3 is 2.62 bits per heavy atom. The molecule has 0 bridgehead atoms. The molecule has 0 saturated heterocycles. The summed E-state index contributed by atoms with van der Waals surface area (Å²) in [5.41, 5.74) is 3.98. The van der Waals surface area contributed by atoms with E-state index in [0.717, 1.165) is 35.6 Å². The van der Waals surface area contributed by atoms with Gasteiger partial charge in [0, 0.05) is 23.9 Å². The highest BCUT2D eigenvalue weighted by atomic mass is 19.1. The predicted molar refractivity (Wildman–Crippen MR) is 91.4 cm³/mol. The van der Waals surface area contributed by atoms with E-state index in [4.69, 9.17) is 4.98 Å². The molecule has 0 atom stereocenters. The third-order valence-corrected chi connectivity index (χ3v) is 4.87. The molecule has 1 saturated carbocycles. The van der Waals surface area contributed by atoms with Gasteiger partial charge in [0.1, 0.15) is 5.82 Å². The Balaban J connectivity index is 1.78. The smallest absolute Gasteiger partial charge is 0.155 e. The van der Waals surface area contributed by atoms with E-state index >= 15 is 0 Å². The first kappa shape index (κ1) is 15.2. The second-order valence-corrected chi connectivity index (χ2v) is 6.68. The fourth-order valence-electron chi connectivity index (χ4n) is 3.61. The van der Waals surface area contributed by atoms with E-state index in [0.29, 0.717) is 11.6 Å². The summed E-state index contributed by atoms with van der Waals surface area (Å²) >= 11 is 0. The van der Waals surface area contributed by atoms with Crippen LogP contribution in [0.4, 0.5) is 4.39 Å². The maximum Gasteiger partial charge on any atom is 0.155 e. The zero-order valence-corrected chi connectivity index (χ0v) is 13.9. The van der Waals surface area contributed by atoms with Crippen LogP contribution in [0, 0.1) is 12.7 Å². The summed E-state index contributed by atoms with van der Waals surface area (Å²) in [6.45, 7) is 1.93. The average Bonchev–Trinajstić information content (AvgIpc) is 2.79. The largest absolute Gasteiger partial charge is 0.295 e. The van der Waals surface area contributed by atoms with Crippen LogP contribution >= 0.6 is 0 Å². The van der Waals surface area contributed by atoms with Crippen molar-refractivity contribution in [2.24, 2.45) is 0 Å². The van der Waals surface area contributed by atoms with Gasteiger partial charge >= 0.3 is 0 Å². The summed E-state index contributed by atoms with van der Waals surface area (Å²) in [5.74, 6) is 0.143. The molecule has 3 heterocycles. The average molecular weight is 324 g/mol. The van der Waals surface area contributed by atoms with E-state index in [9.17, 15) is 4.39 Å². The van der Waals surface area contributed by atoms with Crippen LogP contribution in [0.2, 0.25) is 0 Å². The van der Waals surface area contributed by atoms with Gasteiger partial charge in [-0.2, -0.15) is 0 Å². The molecule has 124 valence electrons. The molecule has 0 N–H and O–H groups in total. The van der Waals surface area contributed by atoms with Gasteiger partial charge in [0.15, 0.2) is 5.65 Å². The quantitative estimate of drug-likeness (QED) is 0.643. The van der Waals surface area contributed by atoms with Crippen molar-refractivity contribution in [2.45, 2.75) is 51.4 Å². The Hall–Kier alpha value is -2.30. The molecule has 3 aromatic heterocycles. The molecule has 5 heteroatoms. The molecule has 1 fully saturated rings. The molecule has 0 spiro atoms. The number of fused-ring (bicyclic) bond motifs is 1. The van der Waals surface area contributed by atoms with Crippen LogP contribution < -0.4 is 0 Å². The lowest BCUT2D eigenvalue weighted by atomic mass is 9.95. The standard InChI is InChI=1S/C19H21FN4/c1-13-12-24-18(10-22-19(24)11-21-13)17-9-15(20)8-16(23-17)14-6-4-2-3-5-7-14/h8-12,14H,2-7H2,1H3. The third kappa shape index (κ3) is 2.90. The zero-order valence-electron chi connectivity index (χ0n) is 13.9. The molecule has 0 aliphatic heterocycles. The van der Waals surface area contributed by atoms with Gasteiger partial charge in [-0.1, -0.05) is 25.7 Å². The fourth-order valence-corrected chi connectivity index (χ4v) is 3.61. The highest BCUT2D eigenvalue weighted by molar-refractivity contribution is 5.60. The number of aryl methyl sites for hydroxylation is 1. The SMILES string of the molecule is Cc1cn2c(-c3cc(F)cc(C4CCCCCC4)n3)cnc2cn1. The predicted octanol–water partition coefficient (Wildman–Crippen LogP) is 4.68. The van der Waals surface area contributed by atoms with Gasteiger partial charge in [0.05, 0.1) is 29.5 Å². The summed E-state index contributed by atoms with van der Waals surface area (Å²) in [7, 11) is 0. The van der Waals surface area contributed by atoms with Crippen molar-refractivity contribution in [3.05, 3.63) is 47.9 Å². The number of pyridine rings is 1. The molecule has 4 rings (SSSR count). The fraction of sp³-hybridized carbons (Fsp3) is 0.421. The first-order valence-electron chi connectivity index (χ1n) is 8.68. The van der Waals surface area contributed by atoms with Gasteiger partial charge in [-0.05, 0) is 25.8 Å². The summed E-state index contributed by atoms with van der Waals surface area (Å²) in [6.07, 6.45) is 12.6. The Kier molecular flexibility index (Phi) is 4.00. The van der Waals surface area contributed by atoms with Gasteiger partial charge in [0.25, 0.3) is 0 Å². The van der Waals surface area contributed by atoms with E-state index in [-0.39, 0.29) is 5.82 Å². The van der Waals surface area contributed by atoms with Crippen LogP contribution in [0.5, 0.6) is 0 Å². The van der Waals surface area contributed by atoms with Crippen LogP contribution in [0.3, 0.4) is 0 Å². The van der Waals surface area contributed by atoms with Crippen molar-refractivity contribution in [1.82, 2.24) is 19.4 Å². The number of nitrogens with zero attached hydrogens (tertiary/aromatic N) is 4. The lowest BCUT2D eigenvalue weighted by Crippen LogP contribution is -2.03. The number of halogens is 1. The number of imidazole rings is 1. The minimum Gasteiger partial charge on any atom is -0.295 e. The van der Waals surface area contributed by atoms with Crippen molar-refractivity contribution in [1.29, 1.82) is 0 Å². The van der Waals surface area contributed by atoms with Crippen molar-refractivity contribution in [3.8, 4) is 11.4 Å². The Bertz CT molecular complexity index is 863. The van der Waals surface area contributed by atoms with Crippen molar-refractivity contribution in [2.75, 3.05) is 0 Å². The van der Waals surface area contributed by atoms with E-state index in [1.54, 1.807) is 18.5 Å². The molecule has 0 aromatic carbocycles. The molecule has 24 heavy (non-hydrogen) atoms. The number of rotatable bonds is 2. The van der Waals surface area contributed by atoms with E-state index in [1.165, 1.54) is 31.7 Å². The summed E-state index contributed by atoms with van der Waals surface area (Å²) < 4.78 is 16.2. The zero-order chi connectivity index (χ0) is 16.5. The van der Waals surface area contributed by atoms with E-state index in [2.05, 4.69) is 9.97 Å². The van der Waals surface area contributed by atoms with E-state index < -0.39 is 0 Å². The third-order valence-electron chi connectivity index (χ3n) is 4.87. The Labute approximate surface area is 140 Å². The number of aromatic nitrogens is 4. The highest BCUT2D eigenvalue weighted by Crippen LogP contribution is 2.32. The summed E-state index contributed by atoms with van der Waals surface area (Å²) in [6, 6.07) is 3.11. The Morgan fingerprint density at radius 1 is 1.04 bits per heavy atom. The topological polar surface area (TPSA) is 43.1 Å². The van der Waals surface area contributed by atoms with Crippen LogP contribution in [-0.2, 0) is 0 Å². The van der Waals surface area contributed by atoms with Gasteiger partial charge < -0.3 is 0 Å². The van der Waals surface area contributed by atoms with Crippen LogP contribution in [0.15, 0.2) is 30.7 Å². The molecule has 1 aliphatic carbocycles. The monoisotopic (exact) mass is 324 g/mol. The minimum atomic E-state index is -0.222. The highest BCUT2D eigenvalue weighted by Gasteiger charge is 2.18. The van der Waals surface area contributed by atoms with E-state index in [1.807, 2.05) is 17.5 Å². The van der Waals surface area contributed by atoms with Crippen molar-refractivity contribution in [3.63, 3.8) is 0 Å². The lowest BCUT2D eigenvalue weighted by molar-refractivity contribution is 0.564. The van der Waals surface area contributed by atoms with Gasteiger partial charge in [-0.25, -0.2) is 9.37 Å². The molecule has 0 unspecified atom stereocenters. The minimum absolute atomic E-state index is 0.222. The molecular weight excluding hydrogens is 303 g/mol. The normalized spacial score (nSPS) is 16.4. The maximum absolute atomic E-state index is 14.3. The molecule has 0 radical (unpaired) electrons. The first-order chi connectivity index (χ1) is 11.7. The van der Waals surface area contributed by atoms with Gasteiger partial charge in [-0.3, -0.25) is 14.4 Å². The maximum atomic E-state index is 14.3. The second-order valence-electron chi connectivity index (χ2n) is 6.68. The van der Waals surface area contributed by atoms with Crippen molar-refractivity contribution >= 4 is 5.65 Å². The molecular formula is C19H21FN4. The second kappa shape index (κ2) is 6.30. The molecule has 1 aliphatic rings.